The molecule has 0 aromatic carbocycles. The van der Waals surface area contributed by atoms with Crippen molar-refractivity contribution in [2.24, 2.45) is 0 Å². The number of aliphatic hydroxyl groups excluding tert-OH is 1. The van der Waals surface area contributed by atoms with Gasteiger partial charge in [0, 0.05) is 25.0 Å². The van der Waals surface area contributed by atoms with Gasteiger partial charge in [-0.2, -0.15) is 0 Å². The molecule has 1 N–H and O–H groups in total. The number of hydrogen-bond donors (Lipinski definition) is 1. The van der Waals surface area contributed by atoms with E-state index in [1.807, 2.05) is 6.92 Å². The van der Waals surface area contributed by atoms with Gasteiger partial charge in [-0.3, -0.25) is 4.79 Å². The highest BCUT2D eigenvalue weighted by atomic mass is 32.1. The van der Waals surface area contributed by atoms with Gasteiger partial charge in [0.1, 0.15) is 6.61 Å². The predicted molar refractivity (Wildman–Crippen MR) is 53.8 cm³/mol. The quantitative estimate of drug-likeness (QED) is 0.739. The monoisotopic (exact) mass is 215 g/mol. The first-order chi connectivity index (χ1) is 6.69. The van der Waals surface area contributed by atoms with E-state index in [1.165, 1.54) is 18.4 Å². The second-order valence-corrected chi connectivity index (χ2v) is 3.94. The standard InChI is InChI=1S/C9H13NO3S/c1-6-8(3-4-11)14-9(10-6)7(12)5-13-2/h11H,3-5H2,1-2H3. The number of hydrogen-bond acceptors (Lipinski definition) is 5. The lowest BCUT2D eigenvalue weighted by Gasteiger charge is -1.92. The van der Waals surface area contributed by atoms with E-state index in [9.17, 15) is 4.79 Å². The van der Waals surface area contributed by atoms with E-state index in [1.54, 1.807) is 0 Å². The molecule has 0 unspecified atom stereocenters. The molecule has 0 saturated heterocycles. The fraction of sp³-hybridized carbons (Fsp3) is 0.556. The zero-order valence-electron chi connectivity index (χ0n) is 8.24. The number of rotatable bonds is 5. The molecule has 4 nitrogen and oxygen atoms in total. The number of ketones is 1. The fourth-order valence-corrected chi connectivity index (χ4v) is 2.05. The third kappa shape index (κ3) is 2.60. The van der Waals surface area contributed by atoms with Gasteiger partial charge in [0.05, 0.1) is 5.69 Å². The summed E-state index contributed by atoms with van der Waals surface area (Å²) in [6, 6.07) is 0. The van der Waals surface area contributed by atoms with Crippen molar-refractivity contribution in [3.05, 3.63) is 15.6 Å². The van der Waals surface area contributed by atoms with Crippen LogP contribution in [0.3, 0.4) is 0 Å². The zero-order chi connectivity index (χ0) is 10.6. The van der Waals surface area contributed by atoms with Gasteiger partial charge in [-0.25, -0.2) is 4.98 Å². The number of aromatic nitrogens is 1. The third-order valence-corrected chi connectivity index (χ3v) is 3.00. The minimum atomic E-state index is -0.107. The van der Waals surface area contributed by atoms with Crippen molar-refractivity contribution in [1.82, 2.24) is 4.98 Å². The Bertz CT molecular complexity index is 322. The number of ether oxygens (including phenoxy) is 1. The Kier molecular flexibility index (Phi) is 4.19. The summed E-state index contributed by atoms with van der Waals surface area (Å²) < 4.78 is 4.73. The van der Waals surface area contributed by atoms with Crippen LogP contribution >= 0.6 is 11.3 Å². The number of aryl methyl sites for hydroxylation is 1. The summed E-state index contributed by atoms with van der Waals surface area (Å²) in [7, 11) is 1.48. The van der Waals surface area contributed by atoms with Crippen molar-refractivity contribution in [3.8, 4) is 0 Å². The molecule has 5 heteroatoms. The summed E-state index contributed by atoms with van der Waals surface area (Å²) in [5, 5.41) is 9.23. The average Bonchev–Trinajstić information content (AvgIpc) is 2.49. The molecule has 0 spiro atoms. The molecule has 0 fully saturated rings. The average molecular weight is 215 g/mol. The molecule has 0 aliphatic carbocycles. The lowest BCUT2D eigenvalue weighted by atomic mass is 10.3. The highest BCUT2D eigenvalue weighted by molar-refractivity contribution is 7.13. The third-order valence-electron chi connectivity index (χ3n) is 1.75. The van der Waals surface area contributed by atoms with Crippen LogP contribution in [0.4, 0.5) is 0 Å². The molecule has 0 saturated carbocycles. The van der Waals surface area contributed by atoms with Crippen molar-refractivity contribution in [3.63, 3.8) is 0 Å². The van der Waals surface area contributed by atoms with E-state index < -0.39 is 0 Å². The summed E-state index contributed by atoms with van der Waals surface area (Å²) in [5.74, 6) is -0.107. The van der Waals surface area contributed by atoms with E-state index in [4.69, 9.17) is 9.84 Å². The van der Waals surface area contributed by atoms with Crippen LogP contribution in [0.15, 0.2) is 0 Å². The molecule has 0 aliphatic rings. The Morgan fingerprint density at radius 1 is 1.64 bits per heavy atom. The van der Waals surface area contributed by atoms with Crippen molar-refractivity contribution in [2.75, 3.05) is 20.3 Å². The molecule has 1 rings (SSSR count). The Labute approximate surface area is 86.6 Å². The Morgan fingerprint density at radius 3 is 2.93 bits per heavy atom. The maximum Gasteiger partial charge on any atom is 0.216 e. The number of methoxy groups -OCH3 is 1. The maximum absolute atomic E-state index is 11.4. The van der Waals surface area contributed by atoms with Crippen molar-refractivity contribution >= 4 is 17.1 Å². The van der Waals surface area contributed by atoms with E-state index in [2.05, 4.69) is 4.98 Å². The maximum atomic E-state index is 11.4. The van der Waals surface area contributed by atoms with Gasteiger partial charge >= 0.3 is 0 Å². The fourth-order valence-electron chi connectivity index (χ4n) is 1.07. The molecule has 0 aliphatic heterocycles. The number of carbonyl (C=O) groups excluding carboxylic acids is 1. The number of thiazole rings is 1. The Morgan fingerprint density at radius 2 is 2.36 bits per heavy atom. The van der Waals surface area contributed by atoms with Crippen LogP contribution in [0.5, 0.6) is 0 Å². The van der Waals surface area contributed by atoms with Gasteiger partial charge < -0.3 is 9.84 Å². The molecule has 1 aromatic rings. The molecular formula is C9H13NO3S. The van der Waals surface area contributed by atoms with Crippen molar-refractivity contribution < 1.29 is 14.6 Å². The molecule has 0 amide bonds. The van der Waals surface area contributed by atoms with E-state index in [-0.39, 0.29) is 19.0 Å². The van der Waals surface area contributed by atoms with Gasteiger partial charge in [-0.1, -0.05) is 0 Å². The van der Waals surface area contributed by atoms with Crippen LogP contribution in [0.2, 0.25) is 0 Å². The SMILES string of the molecule is COCC(=O)c1nc(C)c(CCO)s1. The first-order valence-corrected chi connectivity index (χ1v) is 5.10. The van der Waals surface area contributed by atoms with Crippen LogP contribution in [-0.4, -0.2) is 36.2 Å². The summed E-state index contributed by atoms with van der Waals surface area (Å²) >= 11 is 1.33. The lowest BCUT2D eigenvalue weighted by molar-refractivity contribution is 0.0847. The summed E-state index contributed by atoms with van der Waals surface area (Å²) in [5.41, 5.74) is 0.823. The summed E-state index contributed by atoms with van der Waals surface area (Å²) in [6.45, 7) is 1.98. The second-order valence-electron chi connectivity index (χ2n) is 2.86. The largest absolute Gasteiger partial charge is 0.396 e. The van der Waals surface area contributed by atoms with Gasteiger partial charge in [0.15, 0.2) is 5.01 Å². The minimum absolute atomic E-state index is 0.0610. The summed E-state index contributed by atoms with van der Waals surface area (Å²) in [6.07, 6.45) is 0.559. The normalized spacial score (nSPS) is 10.5. The highest BCUT2D eigenvalue weighted by Gasteiger charge is 2.13. The Hall–Kier alpha value is -0.780. The van der Waals surface area contributed by atoms with Crippen molar-refractivity contribution in [2.45, 2.75) is 13.3 Å². The van der Waals surface area contributed by atoms with Gasteiger partial charge in [0.25, 0.3) is 0 Å². The van der Waals surface area contributed by atoms with E-state index in [0.29, 0.717) is 11.4 Å². The smallest absolute Gasteiger partial charge is 0.216 e. The van der Waals surface area contributed by atoms with E-state index >= 15 is 0 Å². The topological polar surface area (TPSA) is 59.4 Å². The zero-order valence-corrected chi connectivity index (χ0v) is 9.06. The summed E-state index contributed by atoms with van der Waals surface area (Å²) in [4.78, 5) is 16.5. The molecule has 0 radical (unpaired) electrons. The molecular weight excluding hydrogens is 202 g/mol. The van der Waals surface area contributed by atoms with Crippen molar-refractivity contribution in [1.29, 1.82) is 0 Å². The number of aliphatic hydroxyl groups is 1. The number of nitrogens with zero attached hydrogens (tertiary/aromatic N) is 1. The van der Waals surface area contributed by atoms with Crippen LogP contribution in [0.25, 0.3) is 0 Å². The molecule has 14 heavy (non-hydrogen) atoms. The predicted octanol–water partition coefficient (Wildman–Crippen LogP) is 0.815. The van der Waals surface area contributed by atoms with Gasteiger partial charge in [0.2, 0.25) is 5.78 Å². The molecule has 1 heterocycles. The number of carbonyl (C=O) groups is 1. The second kappa shape index (κ2) is 5.19. The molecule has 1 aromatic heterocycles. The van der Waals surface area contributed by atoms with E-state index in [0.717, 1.165) is 10.6 Å². The molecule has 0 atom stereocenters. The van der Waals surface area contributed by atoms with Crippen LogP contribution in [0, 0.1) is 6.92 Å². The first-order valence-electron chi connectivity index (χ1n) is 4.28. The minimum Gasteiger partial charge on any atom is -0.396 e. The Balaban J connectivity index is 2.79. The first kappa shape index (κ1) is 11.3. The van der Waals surface area contributed by atoms with Crippen LogP contribution in [0.1, 0.15) is 20.4 Å². The van der Waals surface area contributed by atoms with Gasteiger partial charge in [-0.05, 0) is 6.92 Å². The number of Topliss-reactive ketones (excluding diaryl/α,β-unsaturated/α-hetero) is 1. The molecule has 78 valence electrons. The van der Waals surface area contributed by atoms with Gasteiger partial charge in [-0.15, -0.1) is 11.3 Å². The van der Waals surface area contributed by atoms with Crippen LogP contribution in [-0.2, 0) is 11.2 Å². The highest BCUT2D eigenvalue weighted by Crippen LogP contribution is 2.18. The van der Waals surface area contributed by atoms with Crippen LogP contribution < -0.4 is 0 Å². The lowest BCUT2D eigenvalue weighted by Crippen LogP contribution is -2.06. The molecule has 0 bridgehead atoms.